The van der Waals surface area contributed by atoms with Crippen molar-refractivity contribution in [3.8, 4) is 0 Å². The largest absolute Gasteiger partial charge is 0.460 e. The molecule has 0 amide bonds. The normalized spacial score (nSPS) is 12.9. The second-order valence-electron chi connectivity index (χ2n) is 2.91. The molecule has 0 radical (unpaired) electrons. The standard InChI is InChI=1S/C11H16O5/c1-3-5-10(13)15-7-9(12)8-16-11(14)6-4-2/h3-6,9,12H,7-8H2,1-2H3. The van der Waals surface area contributed by atoms with Gasteiger partial charge in [-0.25, -0.2) is 9.59 Å². The Balaban J connectivity index is 3.70. The number of esters is 2. The fourth-order valence-corrected chi connectivity index (χ4v) is 0.773. The van der Waals surface area contributed by atoms with E-state index in [0.717, 1.165) is 0 Å². The molecule has 0 bridgehead atoms. The quantitative estimate of drug-likeness (QED) is 0.532. The van der Waals surface area contributed by atoms with E-state index in [2.05, 4.69) is 9.47 Å². The number of aliphatic hydroxyl groups excluding tert-OH is 1. The van der Waals surface area contributed by atoms with E-state index in [1.165, 1.54) is 24.3 Å². The van der Waals surface area contributed by atoms with Crippen LogP contribution in [0.2, 0.25) is 0 Å². The van der Waals surface area contributed by atoms with Gasteiger partial charge in [0.1, 0.15) is 19.3 Å². The Morgan fingerprint density at radius 2 is 1.44 bits per heavy atom. The molecule has 0 aromatic rings. The summed E-state index contributed by atoms with van der Waals surface area (Å²) in [5.74, 6) is -1.08. The minimum absolute atomic E-state index is 0.202. The second kappa shape index (κ2) is 8.67. The summed E-state index contributed by atoms with van der Waals surface area (Å²) in [6.07, 6.45) is 4.52. The maximum Gasteiger partial charge on any atom is 0.330 e. The maximum atomic E-state index is 10.8. The molecule has 0 unspecified atom stereocenters. The number of carbonyl (C=O) groups excluding carboxylic acids is 2. The highest BCUT2D eigenvalue weighted by atomic mass is 16.6. The van der Waals surface area contributed by atoms with Crippen LogP contribution < -0.4 is 0 Å². The van der Waals surface area contributed by atoms with E-state index in [1.54, 1.807) is 13.8 Å². The first-order chi connectivity index (χ1) is 7.60. The molecule has 0 saturated carbocycles. The van der Waals surface area contributed by atoms with Crippen molar-refractivity contribution in [3.05, 3.63) is 24.3 Å². The molecule has 0 aromatic carbocycles. The molecule has 0 aliphatic heterocycles. The highest BCUT2D eigenvalue weighted by Crippen LogP contribution is 1.91. The van der Waals surface area contributed by atoms with Crippen molar-refractivity contribution >= 4 is 11.9 Å². The zero-order valence-electron chi connectivity index (χ0n) is 9.38. The lowest BCUT2D eigenvalue weighted by atomic mass is 10.4. The molecule has 16 heavy (non-hydrogen) atoms. The Morgan fingerprint density at radius 1 is 1.06 bits per heavy atom. The summed E-state index contributed by atoms with van der Waals surface area (Å²) < 4.78 is 9.30. The number of allylic oxidation sites excluding steroid dienone is 2. The van der Waals surface area contributed by atoms with Crippen LogP contribution in [0.5, 0.6) is 0 Å². The van der Waals surface area contributed by atoms with E-state index in [-0.39, 0.29) is 13.2 Å². The highest BCUT2D eigenvalue weighted by Gasteiger charge is 2.09. The third-order valence-corrected chi connectivity index (χ3v) is 1.44. The van der Waals surface area contributed by atoms with Crippen molar-refractivity contribution in [1.29, 1.82) is 0 Å². The second-order valence-corrected chi connectivity index (χ2v) is 2.91. The fourth-order valence-electron chi connectivity index (χ4n) is 0.773. The molecule has 0 aliphatic carbocycles. The predicted octanol–water partition coefficient (Wildman–Crippen LogP) is 0.586. The van der Waals surface area contributed by atoms with E-state index < -0.39 is 18.0 Å². The minimum atomic E-state index is -1.01. The first kappa shape index (κ1) is 14.4. The predicted molar refractivity (Wildman–Crippen MR) is 57.6 cm³/mol. The molecule has 5 heteroatoms. The van der Waals surface area contributed by atoms with Crippen LogP contribution in [0, 0.1) is 0 Å². The van der Waals surface area contributed by atoms with Gasteiger partial charge in [-0.1, -0.05) is 12.2 Å². The Kier molecular flexibility index (Phi) is 7.79. The van der Waals surface area contributed by atoms with Crippen LogP contribution >= 0.6 is 0 Å². The van der Waals surface area contributed by atoms with Crippen molar-refractivity contribution in [2.24, 2.45) is 0 Å². The number of carbonyl (C=O) groups is 2. The van der Waals surface area contributed by atoms with Gasteiger partial charge >= 0.3 is 11.9 Å². The smallest absolute Gasteiger partial charge is 0.330 e. The summed E-state index contributed by atoms with van der Waals surface area (Å²) in [4.78, 5) is 21.7. The maximum absolute atomic E-state index is 10.8. The topological polar surface area (TPSA) is 72.8 Å². The van der Waals surface area contributed by atoms with E-state index >= 15 is 0 Å². The molecule has 0 saturated heterocycles. The van der Waals surface area contributed by atoms with Crippen molar-refractivity contribution < 1.29 is 24.2 Å². The average molecular weight is 228 g/mol. The van der Waals surface area contributed by atoms with Crippen molar-refractivity contribution in [1.82, 2.24) is 0 Å². The Labute approximate surface area is 94.4 Å². The summed E-state index contributed by atoms with van der Waals surface area (Å²) >= 11 is 0. The van der Waals surface area contributed by atoms with Gasteiger partial charge < -0.3 is 14.6 Å². The lowest BCUT2D eigenvalue weighted by molar-refractivity contribution is -0.146. The molecule has 90 valence electrons. The van der Waals surface area contributed by atoms with Crippen molar-refractivity contribution in [2.75, 3.05) is 13.2 Å². The Morgan fingerprint density at radius 3 is 1.75 bits per heavy atom. The summed E-state index contributed by atoms with van der Waals surface area (Å²) in [6, 6.07) is 0. The number of rotatable bonds is 6. The van der Waals surface area contributed by atoms with Gasteiger partial charge in [0.15, 0.2) is 0 Å². The van der Waals surface area contributed by atoms with Gasteiger partial charge in [-0.05, 0) is 13.8 Å². The Bertz CT molecular complexity index is 252. The van der Waals surface area contributed by atoms with E-state index in [9.17, 15) is 14.7 Å². The van der Waals surface area contributed by atoms with Crippen LogP contribution in [0.1, 0.15) is 13.8 Å². The van der Waals surface area contributed by atoms with Crippen LogP contribution in [0.25, 0.3) is 0 Å². The molecule has 0 fully saturated rings. The molecule has 1 N–H and O–H groups in total. The lowest BCUT2D eigenvalue weighted by Crippen LogP contribution is -2.24. The van der Waals surface area contributed by atoms with Crippen LogP contribution in [-0.2, 0) is 19.1 Å². The highest BCUT2D eigenvalue weighted by molar-refractivity contribution is 5.82. The van der Waals surface area contributed by atoms with Gasteiger partial charge in [-0.2, -0.15) is 0 Å². The van der Waals surface area contributed by atoms with Crippen LogP contribution in [0.4, 0.5) is 0 Å². The molecule has 0 atom stereocenters. The molecule has 0 heterocycles. The number of hydrogen-bond acceptors (Lipinski definition) is 5. The first-order valence-corrected chi connectivity index (χ1v) is 4.87. The van der Waals surface area contributed by atoms with Gasteiger partial charge in [0, 0.05) is 12.2 Å². The molecule has 0 rings (SSSR count). The zero-order chi connectivity index (χ0) is 12.4. The molecular formula is C11H16O5. The van der Waals surface area contributed by atoms with Gasteiger partial charge in [0.05, 0.1) is 0 Å². The molecular weight excluding hydrogens is 212 g/mol. The number of aliphatic hydroxyl groups is 1. The third kappa shape index (κ3) is 7.75. The monoisotopic (exact) mass is 228 g/mol. The van der Waals surface area contributed by atoms with Gasteiger partial charge in [-0.15, -0.1) is 0 Å². The van der Waals surface area contributed by atoms with E-state index in [4.69, 9.17) is 0 Å². The van der Waals surface area contributed by atoms with Crippen LogP contribution in [0.3, 0.4) is 0 Å². The molecule has 5 nitrogen and oxygen atoms in total. The molecule has 0 aliphatic rings. The first-order valence-electron chi connectivity index (χ1n) is 4.87. The van der Waals surface area contributed by atoms with Gasteiger partial charge in [-0.3, -0.25) is 0 Å². The van der Waals surface area contributed by atoms with Crippen LogP contribution in [-0.4, -0.2) is 36.4 Å². The number of hydrogen-bond donors (Lipinski definition) is 1. The van der Waals surface area contributed by atoms with E-state index in [1.807, 2.05) is 0 Å². The minimum Gasteiger partial charge on any atom is -0.460 e. The fraction of sp³-hybridized carbons (Fsp3) is 0.455. The van der Waals surface area contributed by atoms with Crippen LogP contribution in [0.15, 0.2) is 24.3 Å². The Hall–Kier alpha value is -1.62. The number of ether oxygens (including phenoxy) is 2. The zero-order valence-corrected chi connectivity index (χ0v) is 9.38. The SMILES string of the molecule is CC=CC(=O)OCC(O)COC(=O)C=CC. The van der Waals surface area contributed by atoms with Crippen molar-refractivity contribution in [3.63, 3.8) is 0 Å². The summed E-state index contributed by atoms with van der Waals surface area (Å²) in [5.41, 5.74) is 0. The summed E-state index contributed by atoms with van der Waals surface area (Å²) in [6.45, 7) is 2.95. The third-order valence-electron chi connectivity index (χ3n) is 1.44. The summed E-state index contributed by atoms with van der Waals surface area (Å²) in [7, 11) is 0. The lowest BCUT2D eigenvalue weighted by Gasteiger charge is -2.09. The average Bonchev–Trinajstić information content (AvgIpc) is 2.24. The van der Waals surface area contributed by atoms with Gasteiger partial charge in [0.25, 0.3) is 0 Å². The molecule has 0 aromatic heterocycles. The van der Waals surface area contributed by atoms with Gasteiger partial charge in [0.2, 0.25) is 0 Å². The molecule has 0 spiro atoms. The van der Waals surface area contributed by atoms with Crippen molar-refractivity contribution in [2.45, 2.75) is 20.0 Å². The van der Waals surface area contributed by atoms with E-state index in [0.29, 0.717) is 0 Å². The summed E-state index contributed by atoms with van der Waals surface area (Å²) in [5, 5.41) is 9.28.